The highest BCUT2D eigenvalue weighted by molar-refractivity contribution is 9.10. The van der Waals surface area contributed by atoms with Gasteiger partial charge < -0.3 is 9.73 Å². The highest BCUT2D eigenvalue weighted by Gasteiger charge is 2.15. The van der Waals surface area contributed by atoms with Crippen molar-refractivity contribution in [1.29, 1.82) is 0 Å². The minimum Gasteiger partial charge on any atom is -0.472 e. The van der Waals surface area contributed by atoms with E-state index < -0.39 is 0 Å². The van der Waals surface area contributed by atoms with E-state index >= 15 is 0 Å². The van der Waals surface area contributed by atoms with E-state index in [-0.39, 0.29) is 0 Å². The maximum atomic E-state index is 5.18. The molecular weight excluding hydrogens is 302 g/mol. The minimum absolute atomic E-state index is 0.458. The topological polar surface area (TPSA) is 25.2 Å². The summed E-state index contributed by atoms with van der Waals surface area (Å²) < 4.78 is 6.36. The van der Waals surface area contributed by atoms with Crippen LogP contribution in [0, 0.1) is 0 Å². The maximum absolute atomic E-state index is 5.18. The lowest BCUT2D eigenvalue weighted by molar-refractivity contribution is 0.550. The van der Waals surface area contributed by atoms with Crippen molar-refractivity contribution in [2.24, 2.45) is 0 Å². The van der Waals surface area contributed by atoms with Crippen molar-refractivity contribution in [1.82, 2.24) is 5.32 Å². The van der Waals surface area contributed by atoms with Gasteiger partial charge in [0.15, 0.2) is 0 Å². The number of halogens is 1. The van der Waals surface area contributed by atoms with Gasteiger partial charge in [0.05, 0.1) is 12.5 Å². The Labute approximate surface area is 123 Å². The Morgan fingerprint density at radius 1 is 1.26 bits per heavy atom. The van der Waals surface area contributed by atoms with E-state index in [0.717, 1.165) is 25.9 Å². The Kier molecular flexibility index (Phi) is 5.67. The van der Waals surface area contributed by atoms with E-state index in [4.69, 9.17) is 4.42 Å². The molecule has 2 aromatic rings. The third kappa shape index (κ3) is 4.22. The van der Waals surface area contributed by atoms with Crippen LogP contribution in [0.1, 0.15) is 30.4 Å². The second-order valence-electron chi connectivity index (χ2n) is 4.76. The summed E-state index contributed by atoms with van der Waals surface area (Å²) in [5, 5.41) is 3.52. The van der Waals surface area contributed by atoms with Crippen molar-refractivity contribution in [2.75, 3.05) is 13.1 Å². The summed E-state index contributed by atoms with van der Waals surface area (Å²) in [4.78, 5) is 0. The SMILES string of the molecule is CCCNCC(Cc1ccoc1)c1ccccc1Br. The molecule has 19 heavy (non-hydrogen) atoms. The molecule has 0 amide bonds. The normalized spacial score (nSPS) is 12.5. The van der Waals surface area contributed by atoms with Gasteiger partial charge >= 0.3 is 0 Å². The fourth-order valence-electron chi connectivity index (χ4n) is 2.24. The molecular formula is C16H20BrNO. The highest BCUT2D eigenvalue weighted by Crippen LogP contribution is 2.27. The van der Waals surface area contributed by atoms with E-state index in [0.29, 0.717) is 5.92 Å². The van der Waals surface area contributed by atoms with Crippen LogP contribution in [-0.2, 0) is 6.42 Å². The first-order valence-corrected chi connectivity index (χ1v) is 7.56. The fourth-order valence-corrected chi connectivity index (χ4v) is 2.85. The van der Waals surface area contributed by atoms with E-state index in [9.17, 15) is 0 Å². The fraction of sp³-hybridized carbons (Fsp3) is 0.375. The molecule has 0 saturated carbocycles. The second kappa shape index (κ2) is 7.51. The van der Waals surface area contributed by atoms with Crippen molar-refractivity contribution in [2.45, 2.75) is 25.7 Å². The molecule has 0 spiro atoms. The van der Waals surface area contributed by atoms with Gasteiger partial charge in [0.25, 0.3) is 0 Å². The third-order valence-corrected chi connectivity index (χ3v) is 3.95. The molecule has 1 N–H and O–H groups in total. The molecule has 0 aliphatic carbocycles. The van der Waals surface area contributed by atoms with Gasteiger partial charge in [-0.3, -0.25) is 0 Å². The molecule has 0 aliphatic rings. The molecule has 1 heterocycles. The number of furan rings is 1. The predicted octanol–water partition coefficient (Wildman–Crippen LogP) is 4.37. The summed E-state index contributed by atoms with van der Waals surface area (Å²) in [6.45, 7) is 4.24. The zero-order valence-corrected chi connectivity index (χ0v) is 12.8. The van der Waals surface area contributed by atoms with Gasteiger partial charge in [-0.1, -0.05) is 41.1 Å². The highest BCUT2D eigenvalue weighted by atomic mass is 79.9. The van der Waals surface area contributed by atoms with E-state index in [1.807, 2.05) is 12.3 Å². The molecule has 0 saturated heterocycles. The lowest BCUT2D eigenvalue weighted by Gasteiger charge is -2.19. The zero-order chi connectivity index (χ0) is 13.5. The van der Waals surface area contributed by atoms with Crippen LogP contribution in [0.25, 0.3) is 0 Å². The number of nitrogens with one attached hydrogen (secondary N) is 1. The first kappa shape index (κ1) is 14.4. The van der Waals surface area contributed by atoms with E-state index in [1.54, 1.807) is 6.26 Å². The molecule has 102 valence electrons. The molecule has 2 rings (SSSR count). The molecule has 3 heteroatoms. The lowest BCUT2D eigenvalue weighted by Crippen LogP contribution is -2.23. The van der Waals surface area contributed by atoms with Crippen LogP contribution in [0.2, 0.25) is 0 Å². The van der Waals surface area contributed by atoms with Crippen LogP contribution in [0.5, 0.6) is 0 Å². The van der Waals surface area contributed by atoms with Gasteiger partial charge in [-0.2, -0.15) is 0 Å². The van der Waals surface area contributed by atoms with Crippen LogP contribution in [0.15, 0.2) is 51.7 Å². The summed E-state index contributed by atoms with van der Waals surface area (Å²) in [5.41, 5.74) is 2.60. The molecule has 1 aromatic carbocycles. The summed E-state index contributed by atoms with van der Waals surface area (Å²) in [6, 6.07) is 10.5. The largest absolute Gasteiger partial charge is 0.472 e. The average molecular weight is 322 g/mol. The van der Waals surface area contributed by atoms with Gasteiger partial charge in [-0.15, -0.1) is 0 Å². The Hall–Kier alpha value is -1.06. The molecule has 1 unspecified atom stereocenters. The quantitative estimate of drug-likeness (QED) is 0.766. The minimum atomic E-state index is 0.458. The van der Waals surface area contributed by atoms with E-state index in [1.165, 1.54) is 15.6 Å². The van der Waals surface area contributed by atoms with Gasteiger partial charge in [0.1, 0.15) is 0 Å². The Balaban J connectivity index is 2.11. The van der Waals surface area contributed by atoms with Crippen molar-refractivity contribution in [3.63, 3.8) is 0 Å². The first-order chi connectivity index (χ1) is 9.31. The number of hydrogen-bond acceptors (Lipinski definition) is 2. The Bertz CT molecular complexity index is 481. The van der Waals surface area contributed by atoms with Crippen LogP contribution in [-0.4, -0.2) is 13.1 Å². The summed E-state index contributed by atoms with van der Waals surface area (Å²) in [7, 11) is 0. The number of hydrogen-bond donors (Lipinski definition) is 1. The lowest BCUT2D eigenvalue weighted by atomic mass is 9.93. The third-order valence-electron chi connectivity index (χ3n) is 3.22. The van der Waals surface area contributed by atoms with Crippen molar-refractivity contribution >= 4 is 15.9 Å². The van der Waals surface area contributed by atoms with Crippen molar-refractivity contribution in [3.8, 4) is 0 Å². The van der Waals surface area contributed by atoms with Gasteiger partial charge in [-0.05, 0) is 42.6 Å². The number of benzene rings is 1. The summed E-state index contributed by atoms with van der Waals surface area (Å²) in [5.74, 6) is 0.458. The standard InChI is InChI=1S/C16H20BrNO/c1-2-8-18-11-14(10-13-7-9-19-12-13)15-5-3-4-6-16(15)17/h3-7,9,12,14,18H,2,8,10-11H2,1H3. The van der Waals surface area contributed by atoms with Crippen LogP contribution < -0.4 is 5.32 Å². The first-order valence-electron chi connectivity index (χ1n) is 6.77. The molecule has 0 fully saturated rings. The molecule has 0 aliphatic heterocycles. The zero-order valence-electron chi connectivity index (χ0n) is 11.2. The molecule has 0 bridgehead atoms. The smallest absolute Gasteiger partial charge is 0.0934 e. The second-order valence-corrected chi connectivity index (χ2v) is 5.61. The maximum Gasteiger partial charge on any atom is 0.0934 e. The average Bonchev–Trinajstić information content (AvgIpc) is 2.91. The van der Waals surface area contributed by atoms with Crippen LogP contribution >= 0.6 is 15.9 Å². The summed E-state index contributed by atoms with van der Waals surface area (Å²) in [6.07, 6.45) is 5.74. The van der Waals surface area contributed by atoms with Gasteiger partial charge in [-0.25, -0.2) is 0 Å². The molecule has 1 aromatic heterocycles. The predicted molar refractivity (Wildman–Crippen MR) is 82.5 cm³/mol. The molecule has 2 nitrogen and oxygen atoms in total. The molecule has 1 atom stereocenters. The van der Waals surface area contributed by atoms with Crippen molar-refractivity contribution < 1.29 is 4.42 Å². The monoisotopic (exact) mass is 321 g/mol. The molecule has 0 radical (unpaired) electrons. The van der Waals surface area contributed by atoms with Crippen molar-refractivity contribution in [3.05, 3.63) is 58.5 Å². The Morgan fingerprint density at radius 2 is 2.11 bits per heavy atom. The van der Waals surface area contributed by atoms with Gasteiger partial charge in [0, 0.05) is 16.9 Å². The van der Waals surface area contributed by atoms with Crippen LogP contribution in [0.4, 0.5) is 0 Å². The van der Waals surface area contributed by atoms with Gasteiger partial charge in [0.2, 0.25) is 0 Å². The van der Waals surface area contributed by atoms with Crippen LogP contribution in [0.3, 0.4) is 0 Å². The van der Waals surface area contributed by atoms with E-state index in [2.05, 4.69) is 52.4 Å². The number of rotatable bonds is 7. The summed E-state index contributed by atoms with van der Waals surface area (Å²) >= 11 is 3.66. The Morgan fingerprint density at radius 3 is 2.79 bits per heavy atom.